The van der Waals surface area contributed by atoms with Crippen molar-refractivity contribution in [2.24, 2.45) is 5.92 Å². The topological polar surface area (TPSA) is 113 Å². The van der Waals surface area contributed by atoms with Gasteiger partial charge in [0.05, 0.1) is 18.4 Å². The number of imide groups is 1. The fraction of sp³-hybridized carbons (Fsp3) is 0.667. The third kappa shape index (κ3) is 3.53. The van der Waals surface area contributed by atoms with Crippen LogP contribution in [0, 0.1) is 5.92 Å². The average molecular weight is 311 g/mol. The van der Waals surface area contributed by atoms with Crippen LogP contribution in [0.15, 0.2) is 11.8 Å². The van der Waals surface area contributed by atoms with E-state index in [4.69, 9.17) is 9.84 Å². The number of ether oxygens (including phenoxy) is 1. The maximum absolute atomic E-state index is 12.1. The first-order valence-electron chi connectivity index (χ1n) is 7.26. The van der Waals surface area contributed by atoms with Crippen molar-refractivity contribution in [3.63, 3.8) is 0 Å². The highest BCUT2D eigenvalue weighted by Crippen LogP contribution is 2.36. The zero-order chi connectivity index (χ0) is 16.5. The molecule has 2 aliphatic rings. The van der Waals surface area contributed by atoms with Crippen molar-refractivity contribution in [3.05, 3.63) is 11.8 Å². The number of aliphatic hydroxyl groups is 2. The van der Waals surface area contributed by atoms with Crippen LogP contribution >= 0.6 is 0 Å². The fourth-order valence-corrected chi connectivity index (χ4v) is 2.98. The molecule has 2 rings (SSSR count). The van der Waals surface area contributed by atoms with Gasteiger partial charge in [-0.05, 0) is 19.3 Å². The predicted octanol–water partition coefficient (Wildman–Crippen LogP) is -0.195. The van der Waals surface area contributed by atoms with E-state index in [2.05, 4.69) is 5.32 Å². The van der Waals surface area contributed by atoms with Crippen LogP contribution in [0.4, 0.5) is 0 Å². The van der Waals surface area contributed by atoms with Gasteiger partial charge in [0.25, 0.3) is 0 Å². The second-order valence-corrected chi connectivity index (χ2v) is 6.53. The van der Waals surface area contributed by atoms with Gasteiger partial charge in [-0.2, -0.15) is 0 Å². The Hall–Kier alpha value is -1.73. The minimum absolute atomic E-state index is 0.0554. The van der Waals surface area contributed by atoms with Crippen molar-refractivity contribution in [2.75, 3.05) is 6.61 Å². The Labute approximate surface area is 128 Å². The normalized spacial score (nSPS) is 28.9. The first-order chi connectivity index (χ1) is 10.2. The van der Waals surface area contributed by atoms with Gasteiger partial charge in [0, 0.05) is 19.1 Å². The lowest BCUT2D eigenvalue weighted by Crippen LogP contribution is -2.49. The molecular weight excluding hydrogens is 290 g/mol. The number of aliphatic hydroxyl groups excluding tert-OH is 1. The minimum Gasteiger partial charge on any atom is -0.484 e. The van der Waals surface area contributed by atoms with E-state index in [1.54, 1.807) is 13.8 Å². The summed E-state index contributed by atoms with van der Waals surface area (Å²) in [5, 5.41) is 21.6. The second kappa shape index (κ2) is 5.81. The Morgan fingerprint density at radius 3 is 2.45 bits per heavy atom. The lowest BCUT2D eigenvalue weighted by Gasteiger charge is -2.32. The molecule has 2 atom stereocenters. The van der Waals surface area contributed by atoms with E-state index in [9.17, 15) is 19.5 Å². The molecule has 2 amide bonds. The number of carbonyl (C=O) groups is 3. The summed E-state index contributed by atoms with van der Waals surface area (Å²) in [6, 6.07) is 0. The first kappa shape index (κ1) is 16.6. The van der Waals surface area contributed by atoms with Crippen LogP contribution in [0.5, 0.6) is 0 Å². The molecule has 0 aromatic heterocycles. The van der Waals surface area contributed by atoms with Crippen LogP contribution in [0.1, 0.15) is 39.5 Å². The maximum atomic E-state index is 12.1. The molecule has 2 aliphatic heterocycles. The zero-order valence-corrected chi connectivity index (χ0v) is 12.7. The number of rotatable bonds is 5. The van der Waals surface area contributed by atoms with Gasteiger partial charge in [-0.25, -0.2) is 0 Å². The van der Waals surface area contributed by atoms with E-state index in [0.717, 1.165) is 0 Å². The molecule has 122 valence electrons. The van der Waals surface area contributed by atoms with Crippen molar-refractivity contribution < 1.29 is 29.3 Å². The van der Waals surface area contributed by atoms with Crippen LogP contribution < -0.4 is 5.32 Å². The predicted molar refractivity (Wildman–Crippen MR) is 75.4 cm³/mol. The smallest absolute Gasteiger partial charge is 0.229 e. The molecule has 1 fully saturated rings. The average Bonchev–Trinajstić information content (AvgIpc) is 2.61. The van der Waals surface area contributed by atoms with Crippen LogP contribution in [-0.4, -0.2) is 45.6 Å². The van der Waals surface area contributed by atoms with Crippen molar-refractivity contribution in [3.8, 4) is 0 Å². The van der Waals surface area contributed by atoms with Crippen LogP contribution in [-0.2, 0) is 19.1 Å². The Morgan fingerprint density at radius 1 is 1.32 bits per heavy atom. The van der Waals surface area contributed by atoms with Crippen molar-refractivity contribution >= 4 is 17.6 Å². The van der Waals surface area contributed by atoms with E-state index in [-0.39, 0.29) is 43.3 Å². The summed E-state index contributed by atoms with van der Waals surface area (Å²) in [5.41, 5.74) is -2.60. The van der Waals surface area contributed by atoms with E-state index in [1.807, 2.05) is 0 Å². The van der Waals surface area contributed by atoms with Gasteiger partial charge in [-0.1, -0.05) is 6.92 Å². The molecular formula is C15H21NO6. The lowest BCUT2D eigenvalue weighted by molar-refractivity contribution is -0.144. The lowest BCUT2D eigenvalue weighted by atomic mass is 9.87. The summed E-state index contributed by atoms with van der Waals surface area (Å²) in [5.74, 6) is -1.16. The number of nitrogens with one attached hydrogen (secondary N) is 1. The molecule has 0 saturated carbocycles. The highest BCUT2D eigenvalue weighted by molar-refractivity contribution is 6.00. The Morgan fingerprint density at radius 2 is 1.91 bits per heavy atom. The Balaban J connectivity index is 2.06. The van der Waals surface area contributed by atoms with E-state index >= 15 is 0 Å². The summed E-state index contributed by atoms with van der Waals surface area (Å²) in [6.07, 6.45) is 1.16. The molecule has 0 spiro atoms. The second-order valence-electron chi connectivity index (χ2n) is 6.53. The summed E-state index contributed by atoms with van der Waals surface area (Å²) >= 11 is 0. The number of piperidine rings is 1. The van der Waals surface area contributed by atoms with Crippen LogP contribution in [0.25, 0.3) is 0 Å². The fourth-order valence-electron chi connectivity index (χ4n) is 2.98. The van der Waals surface area contributed by atoms with Gasteiger partial charge in [0.15, 0.2) is 5.60 Å². The Kier molecular flexibility index (Phi) is 4.39. The SMILES string of the molecule is CC(CO)CC1(C)OC(CC2(O)CC(=O)NC(=O)C2)=CC1=O. The van der Waals surface area contributed by atoms with Crippen molar-refractivity contribution in [1.29, 1.82) is 0 Å². The first-order valence-corrected chi connectivity index (χ1v) is 7.26. The Bertz CT molecular complexity index is 524. The third-order valence-corrected chi connectivity index (χ3v) is 3.98. The molecule has 22 heavy (non-hydrogen) atoms. The van der Waals surface area contributed by atoms with Gasteiger partial charge < -0.3 is 14.9 Å². The molecule has 7 heteroatoms. The van der Waals surface area contributed by atoms with E-state index in [0.29, 0.717) is 6.42 Å². The zero-order valence-electron chi connectivity index (χ0n) is 12.7. The standard InChI is InChI=1S/C15H21NO6/c1-9(8-17)4-14(2)11(18)3-10(22-14)5-15(21)6-12(19)16-13(20)7-15/h3,9,17,21H,4-8H2,1-2H3,(H,16,19,20). The quantitative estimate of drug-likeness (QED) is 0.606. The van der Waals surface area contributed by atoms with Crippen molar-refractivity contribution in [2.45, 2.75) is 50.7 Å². The molecule has 3 N–H and O–H groups in total. The number of carbonyl (C=O) groups excluding carboxylic acids is 3. The monoisotopic (exact) mass is 311 g/mol. The van der Waals surface area contributed by atoms with Gasteiger partial charge in [-0.15, -0.1) is 0 Å². The highest BCUT2D eigenvalue weighted by atomic mass is 16.5. The molecule has 2 heterocycles. The molecule has 7 nitrogen and oxygen atoms in total. The third-order valence-electron chi connectivity index (χ3n) is 3.98. The van der Waals surface area contributed by atoms with Gasteiger partial charge in [-0.3, -0.25) is 19.7 Å². The molecule has 0 aromatic carbocycles. The molecule has 0 aliphatic carbocycles. The summed E-state index contributed by atoms with van der Waals surface area (Å²) in [7, 11) is 0. The summed E-state index contributed by atoms with van der Waals surface area (Å²) < 4.78 is 5.67. The number of ketones is 1. The van der Waals surface area contributed by atoms with Crippen LogP contribution in [0.3, 0.4) is 0 Å². The molecule has 0 aromatic rings. The van der Waals surface area contributed by atoms with E-state index < -0.39 is 23.0 Å². The largest absolute Gasteiger partial charge is 0.484 e. The maximum Gasteiger partial charge on any atom is 0.229 e. The van der Waals surface area contributed by atoms with Gasteiger partial charge >= 0.3 is 0 Å². The molecule has 0 bridgehead atoms. The molecule has 0 radical (unpaired) electrons. The van der Waals surface area contributed by atoms with E-state index in [1.165, 1.54) is 6.08 Å². The highest BCUT2D eigenvalue weighted by Gasteiger charge is 2.45. The number of hydrogen-bond donors (Lipinski definition) is 3. The van der Waals surface area contributed by atoms with Crippen molar-refractivity contribution in [1.82, 2.24) is 5.32 Å². The number of amides is 2. The number of hydrogen-bond acceptors (Lipinski definition) is 6. The van der Waals surface area contributed by atoms with Crippen LogP contribution in [0.2, 0.25) is 0 Å². The molecule has 2 unspecified atom stereocenters. The molecule has 1 saturated heterocycles. The summed E-state index contributed by atoms with van der Waals surface area (Å²) in [4.78, 5) is 34.9. The minimum atomic E-state index is -1.53. The van der Waals surface area contributed by atoms with Gasteiger partial charge in [0.2, 0.25) is 17.6 Å². The summed E-state index contributed by atoms with van der Waals surface area (Å²) in [6.45, 7) is 3.38. The van der Waals surface area contributed by atoms with Gasteiger partial charge in [0.1, 0.15) is 5.76 Å².